The van der Waals surface area contributed by atoms with Crippen LogP contribution in [-0.4, -0.2) is 22.2 Å². The number of aromatic nitrogens is 1. The van der Waals surface area contributed by atoms with E-state index in [-0.39, 0.29) is 0 Å². The molecule has 0 spiro atoms. The van der Waals surface area contributed by atoms with E-state index in [0.717, 1.165) is 35.9 Å². The van der Waals surface area contributed by atoms with Gasteiger partial charge in [-0.3, -0.25) is 0 Å². The van der Waals surface area contributed by atoms with E-state index in [0.29, 0.717) is 12.1 Å². The average molecular weight is 260 g/mol. The SMILES string of the molecule is CCc1cn(CCN)c2c(CC)cc(C(=O)O)cc12. The van der Waals surface area contributed by atoms with Gasteiger partial charge in [0.2, 0.25) is 0 Å². The summed E-state index contributed by atoms with van der Waals surface area (Å²) in [5.41, 5.74) is 9.41. The molecule has 0 atom stereocenters. The molecule has 2 aromatic rings. The molecule has 0 saturated heterocycles. The number of carboxylic acid groups (broad SMARTS) is 1. The lowest BCUT2D eigenvalue weighted by Gasteiger charge is -2.08. The highest BCUT2D eigenvalue weighted by molar-refractivity contribution is 5.96. The van der Waals surface area contributed by atoms with Crippen molar-refractivity contribution in [2.75, 3.05) is 6.54 Å². The molecule has 0 aliphatic carbocycles. The minimum absolute atomic E-state index is 0.365. The topological polar surface area (TPSA) is 68.2 Å². The van der Waals surface area contributed by atoms with Gasteiger partial charge in [0.1, 0.15) is 0 Å². The van der Waals surface area contributed by atoms with E-state index in [1.54, 1.807) is 12.1 Å². The van der Waals surface area contributed by atoms with Crippen LogP contribution in [0.2, 0.25) is 0 Å². The first-order valence-electron chi connectivity index (χ1n) is 6.70. The highest BCUT2D eigenvalue weighted by Crippen LogP contribution is 2.27. The van der Waals surface area contributed by atoms with Gasteiger partial charge in [-0.1, -0.05) is 13.8 Å². The van der Waals surface area contributed by atoms with Crippen LogP contribution in [0.25, 0.3) is 10.9 Å². The standard InChI is InChI=1S/C15H20N2O2/c1-3-10-7-12(15(18)19)8-13-11(4-2)9-17(6-5-16)14(10)13/h7-9H,3-6,16H2,1-2H3,(H,18,19). The number of hydrogen-bond acceptors (Lipinski definition) is 2. The molecule has 102 valence electrons. The van der Waals surface area contributed by atoms with E-state index in [1.807, 2.05) is 6.92 Å². The van der Waals surface area contributed by atoms with E-state index in [1.165, 1.54) is 5.56 Å². The Morgan fingerprint density at radius 1 is 1.26 bits per heavy atom. The number of aryl methyl sites for hydroxylation is 2. The lowest BCUT2D eigenvalue weighted by atomic mass is 10.0. The van der Waals surface area contributed by atoms with E-state index in [9.17, 15) is 9.90 Å². The summed E-state index contributed by atoms with van der Waals surface area (Å²) in [5.74, 6) is -0.870. The molecule has 0 radical (unpaired) electrons. The van der Waals surface area contributed by atoms with Crippen LogP contribution in [0.15, 0.2) is 18.3 Å². The minimum Gasteiger partial charge on any atom is -0.478 e. The maximum absolute atomic E-state index is 11.2. The Bertz CT molecular complexity index is 614. The summed E-state index contributed by atoms with van der Waals surface area (Å²) < 4.78 is 2.15. The van der Waals surface area contributed by atoms with E-state index in [2.05, 4.69) is 17.7 Å². The highest BCUT2D eigenvalue weighted by Gasteiger charge is 2.14. The summed E-state index contributed by atoms with van der Waals surface area (Å²) in [7, 11) is 0. The first-order chi connectivity index (χ1) is 9.12. The molecule has 3 N–H and O–H groups in total. The van der Waals surface area contributed by atoms with Gasteiger partial charge >= 0.3 is 5.97 Å². The number of benzene rings is 1. The monoisotopic (exact) mass is 260 g/mol. The van der Waals surface area contributed by atoms with Gasteiger partial charge in [-0.2, -0.15) is 0 Å². The van der Waals surface area contributed by atoms with Crippen LogP contribution in [0, 0.1) is 0 Å². The molecule has 0 saturated carbocycles. The van der Waals surface area contributed by atoms with Gasteiger partial charge in [-0.05, 0) is 36.1 Å². The predicted octanol–water partition coefficient (Wildman–Crippen LogP) is 2.42. The molecule has 4 heteroatoms. The summed E-state index contributed by atoms with van der Waals surface area (Å²) >= 11 is 0. The zero-order chi connectivity index (χ0) is 14.0. The second-order valence-electron chi connectivity index (χ2n) is 4.68. The first kappa shape index (κ1) is 13.6. The molecule has 0 fully saturated rings. The van der Waals surface area contributed by atoms with Crippen molar-refractivity contribution in [3.8, 4) is 0 Å². The van der Waals surface area contributed by atoms with Crippen LogP contribution < -0.4 is 5.73 Å². The fraction of sp³-hybridized carbons (Fsp3) is 0.400. The second kappa shape index (κ2) is 5.45. The quantitative estimate of drug-likeness (QED) is 0.867. The van der Waals surface area contributed by atoms with Crippen molar-refractivity contribution in [3.63, 3.8) is 0 Å². The van der Waals surface area contributed by atoms with Gasteiger partial charge in [-0.25, -0.2) is 4.79 Å². The molecular weight excluding hydrogens is 240 g/mol. The van der Waals surface area contributed by atoms with Crippen molar-refractivity contribution in [2.24, 2.45) is 5.73 Å². The Hall–Kier alpha value is -1.81. The maximum Gasteiger partial charge on any atom is 0.335 e. The van der Waals surface area contributed by atoms with Gasteiger partial charge in [0, 0.05) is 24.7 Å². The molecule has 1 aromatic carbocycles. The predicted molar refractivity (Wildman–Crippen MR) is 76.7 cm³/mol. The number of fused-ring (bicyclic) bond motifs is 1. The molecular formula is C15H20N2O2. The van der Waals surface area contributed by atoms with Gasteiger partial charge in [0.15, 0.2) is 0 Å². The van der Waals surface area contributed by atoms with Gasteiger partial charge in [0.25, 0.3) is 0 Å². The molecule has 4 nitrogen and oxygen atoms in total. The molecule has 2 rings (SSSR count). The largest absolute Gasteiger partial charge is 0.478 e. The van der Waals surface area contributed by atoms with Gasteiger partial charge < -0.3 is 15.4 Å². The zero-order valence-electron chi connectivity index (χ0n) is 11.4. The minimum atomic E-state index is -0.870. The number of hydrogen-bond donors (Lipinski definition) is 2. The molecule has 0 bridgehead atoms. The molecule has 1 aromatic heterocycles. The molecule has 0 aliphatic heterocycles. The van der Waals surface area contributed by atoms with Crippen LogP contribution in [0.4, 0.5) is 0 Å². The van der Waals surface area contributed by atoms with Crippen molar-refractivity contribution in [1.29, 1.82) is 0 Å². The number of carboxylic acids is 1. The van der Waals surface area contributed by atoms with Crippen LogP contribution in [0.5, 0.6) is 0 Å². The lowest BCUT2D eigenvalue weighted by Crippen LogP contribution is -2.09. The van der Waals surface area contributed by atoms with Crippen molar-refractivity contribution < 1.29 is 9.90 Å². The van der Waals surface area contributed by atoms with Crippen LogP contribution >= 0.6 is 0 Å². The first-order valence-corrected chi connectivity index (χ1v) is 6.70. The molecule has 0 unspecified atom stereocenters. The third kappa shape index (κ3) is 2.36. The summed E-state index contributed by atoms with van der Waals surface area (Å²) in [6.45, 7) is 5.47. The fourth-order valence-corrected chi connectivity index (χ4v) is 2.59. The normalized spacial score (nSPS) is 11.1. The van der Waals surface area contributed by atoms with E-state index < -0.39 is 5.97 Å². The van der Waals surface area contributed by atoms with Crippen molar-refractivity contribution in [1.82, 2.24) is 4.57 Å². The molecule has 1 heterocycles. The highest BCUT2D eigenvalue weighted by atomic mass is 16.4. The molecule has 0 amide bonds. The number of rotatable bonds is 5. The second-order valence-corrected chi connectivity index (χ2v) is 4.68. The summed E-state index contributed by atoms with van der Waals surface area (Å²) in [5, 5.41) is 10.3. The van der Waals surface area contributed by atoms with Gasteiger partial charge in [-0.15, -0.1) is 0 Å². The van der Waals surface area contributed by atoms with Crippen LogP contribution in [-0.2, 0) is 19.4 Å². The van der Waals surface area contributed by atoms with Crippen molar-refractivity contribution in [3.05, 3.63) is 35.0 Å². The van der Waals surface area contributed by atoms with Gasteiger partial charge in [0.05, 0.1) is 11.1 Å². The third-order valence-corrected chi connectivity index (χ3v) is 3.51. The summed E-state index contributed by atoms with van der Waals surface area (Å²) in [6.07, 6.45) is 3.80. The zero-order valence-corrected chi connectivity index (χ0v) is 11.4. The van der Waals surface area contributed by atoms with Crippen molar-refractivity contribution >= 4 is 16.9 Å². The fourth-order valence-electron chi connectivity index (χ4n) is 2.59. The molecule has 19 heavy (non-hydrogen) atoms. The Labute approximate surface area is 112 Å². The van der Waals surface area contributed by atoms with Crippen molar-refractivity contribution in [2.45, 2.75) is 33.2 Å². The van der Waals surface area contributed by atoms with E-state index >= 15 is 0 Å². The number of carbonyl (C=O) groups is 1. The number of nitrogens with two attached hydrogens (primary N) is 1. The summed E-state index contributed by atoms with van der Waals surface area (Å²) in [6, 6.07) is 3.56. The Morgan fingerprint density at radius 3 is 2.47 bits per heavy atom. The Kier molecular flexibility index (Phi) is 3.90. The number of nitrogens with zero attached hydrogens (tertiary/aromatic N) is 1. The maximum atomic E-state index is 11.2. The smallest absolute Gasteiger partial charge is 0.335 e. The Balaban J connectivity index is 2.78. The summed E-state index contributed by atoms with van der Waals surface area (Å²) in [4.78, 5) is 11.2. The number of aromatic carboxylic acids is 1. The Morgan fingerprint density at radius 2 is 1.95 bits per heavy atom. The van der Waals surface area contributed by atoms with Crippen LogP contribution in [0.1, 0.15) is 35.3 Å². The molecule has 0 aliphatic rings. The van der Waals surface area contributed by atoms with Crippen LogP contribution in [0.3, 0.4) is 0 Å². The average Bonchev–Trinajstić information content (AvgIpc) is 2.76. The lowest BCUT2D eigenvalue weighted by molar-refractivity contribution is 0.0697. The third-order valence-electron chi connectivity index (χ3n) is 3.51. The van der Waals surface area contributed by atoms with E-state index in [4.69, 9.17) is 5.73 Å².